The lowest BCUT2D eigenvalue weighted by atomic mass is 10.1. The number of hydrogen-bond acceptors (Lipinski definition) is 3. The molecule has 0 aliphatic rings. The number of ether oxygens (including phenoxy) is 1. The number of amides is 1. The van der Waals surface area contributed by atoms with Crippen molar-refractivity contribution >= 4 is 43.8 Å². The summed E-state index contributed by atoms with van der Waals surface area (Å²) in [5.41, 5.74) is 1.48. The zero-order valence-corrected chi connectivity index (χ0v) is 16.8. The Morgan fingerprint density at radius 2 is 2.00 bits per heavy atom. The first-order chi connectivity index (χ1) is 12.5. The molecule has 0 aliphatic carbocycles. The van der Waals surface area contributed by atoms with Gasteiger partial charge in [0, 0.05) is 16.6 Å². The van der Waals surface area contributed by atoms with Crippen LogP contribution in [0.25, 0.3) is 6.08 Å². The minimum Gasteiger partial charge on any atom is -0.479 e. The summed E-state index contributed by atoms with van der Waals surface area (Å²) in [6, 6.07) is 14.9. The standard InChI is InChI=1S/C20H14Br2N2O2/c1-2-8-26-19-15(10-17(21)11-18(19)22)9-16(12-23)20(25)24-13-14-6-4-3-5-7-14/h1,3-7,9-11H,8,13H2,(H,24,25)/b16-9+. The Bertz CT molecular complexity index is 910. The monoisotopic (exact) mass is 472 g/mol. The van der Waals surface area contributed by atoms with E-state index in [-0.39, 0.29) is 12.2 Å². The molecular weight excluding hydrogens is 460 g/mol. The Balaban J connectivity index is 2.26. The van der Waals surface area contributed by atoms with Gasteiger partial charge in [-0.2, -0.15) is 5.26 Å². The second kappa shape index (κ2) is 9.82. The number of benzene rings is 2. The first-order valence-corrected chi connectivity index (χ1v) is 9.13. The first-order valence-electron chi connectivity index (χ1n) is 7.54. The van der Waals surface area contributed by atoms with Crippen molar-refractivity contribution in [3.05, 3.63) is 68.1 Å². The van der Waals surface area contributed by atoms with Crippen molar-refractivity contribution in [1.29, 1.82) is 5.26 Å². The fourth-order valence-electron chi connectivity index (χ4n) is 2.13. The Kier molecular flexibility index (Phi) is 7.47. The minimum atomic E-state index is -0.463. The molecule has 2 rings (SSSR count). The molecule has 0 fully saturated rings. The van der Waals surface area contributed by atoms with Crippen LogP contribution in [0.15, 0.2) is 57.0 Å². The van der Waals surface area contributed by atoms with E-state index in [2.05, 4.69) is 43.1 Å². The second-order valence-corrected chi connectivity index (χ2v) is 6.91. The average molecular weight is 474 g/mol. The summed E-state index contributed by atoms with van der Waals surface area (Å²) in [6.45, 7) is 0.407. The van der Waals surface area contributed by atoms with Gasteiger partial charge in [-0.05, 0) is 39.7 Å². The summed E-state index contributed by atoms with van der Waals surface area (Å²) >= 11 is 6.79. The Hall–Kier alpha value is -2.54. The van der Waals surface area contributed by atoms with Crippen molar-refractivity contribution in [1.82, 2.24) is 5.32 Å². The predicted molar refractivity (Wildman–Crippen MR) is 108 cm³/mol. The topological polar surface area (TPSA) is 62.1 Å². The molecule has 130 valence electrons. The molecule has 0 unspecified atom stereocenters. The van der Waals surface area contributed by atoms with Gasteiger partial charge < -0.3 is 10.1 Å². The third kappa shape index (κ3) is 5.49. The van der Waals surface area contributed by atoms with Crippen LogP contribution in [0.2, 0.25) is 0 Å². The Morgan fingerprint density at radius 3 is 2.65 bits per heavy atom. The van der Waals surface area contributed by atoms with Gasteiger partial charge in [0.1, 0.15) is 24.0 Å². The molecule has 4 nitrogen and oxygen atoms in total. The van der Waals surface area contributed by atoms with E-state index in [1.807, 2.05) is 36.4 Å². The van der Waals surface area contributed by atoms with Crippen LogP contribution in [-0.4, -0.2) is 12.5 Å². The van der Waals surface area contributed by atoms with E-state index in [1.165, 1.54) is 6.08 Å². The van der Waals surface area contributed by atoms with Crippen LogP contribution in [0.3, 0.4) is 0 Å². The molecule has 1 N–H and O–H groups in total. The molecule has 0 radical (unpaired) electrons. The van der Waals surface area contributed by atoms with Gasteiger partial charge in [-0.15, -0.1) is 6.42 Å². The van der Waals surface area contributed by atoms with Crippen LogP contribution < -0.4 is 10.1 Å². The molecule has 6 heteroatoms. The molecule has 2 aromatic carbocycles. The second-order valence-electron chi connectivity index (χ2n) is 5.14. The highest BCUT2D eigenvalue weighted by Crippen LogP contribution is 2.34. The number of carbonyl (C=O) groups excluding carboxylic acids is 1. The molecule has 1 amide bonds. The molecule has 0 spiro atoms. The van der Waals surface area contributed by atoms with E-state index in [1.54, 1.807) is 12.1 Å². The number of hydrogen-bond donors (Lipinski definition) is 1. The molecule has 0 heterocycles. The largest absolute Gasteiger partial charge is 0.479 e. The van der Waals surface area contributed by atoms with E-state index in [0.717, 1.165) is 10.0 Å². The van der Waals surface area contributed by atoms with Crippen molar-refractivity contribution in [3.63, 3.8) is 0 Å². The van der Waals surface area contributed by atoms with E-state index in [4.69, 9.17) is 11.2 Å². The van der Waals surface area contributed by atoms with Gasteiger partial charge in [0.15, 0.2) is 0 Å². The lowest BCUT2D eigenvalue weighted by Crippen LogP contribution is -2.23. The summed E-state index contributed by atoms with van der Waals surface area (Å²) in [5.74, 6) is 2.40. The van der Waals surface area contributed by atoms with E-state index >= 15 is 0 Å². The van der Waals surface area contributed by atoms with Crippen molar-refractivity contribution in [3.8, 4) is 24.2 Å². The zero-order chi connectivity index (χ0) is 18.9. The quantitative estimate of drug-likeness (QED) is 0.383. The molecule has 26 heavy (non-hydrogen) atoms. The number of halogens is 2. The van der Waals surface area contributed by atoms with Gasteiger partial charge in [0.2, 0.25) is 0 Å². The van der Waals surface area contributed by atoms with Gasteiger partial charge in [0.25, 0.3) is 5.91 Å². The van der Waals surface area contributed by atoms with E-state index in [9.17, 15) is 10.1 Å². The predicted octanol–water partition coefficient (Wildman–Crippen LogP) is 4.45. The maximum atomic E-state index is 12.3. The van der Waals surface area contributed by atoms with Crippen LogP contribution in [0.1, 0.15) is 11.1 Å². The maximum Gasteiger partial charge on any atom is 0.262 e. The molecular formula is C20H14Br2N2O2. The number of nitrogens with one attached hydrogen (secondary N) is 1. The normalized spacial score (nSPS) is 10.5. The van der Waals surface area contributed by atoms with Crippen LogP contribution in [0.5, 0.6) is 5.75 Å². The highest BCUT2D eigenvalue weighted by Gasteiger charge is 2.13. The molecule has 0 aromatic heterocycles. The maximum absolute atomic E-state index is 12.3. The van der Waals surface area contributed by atoms with Gasteiger partial charge in [-0.3, -0.25) is 4.79 Å². The lowest BCUT2D eigenvalue weighted by Gasteiger charge is -2.11. The Morgan fingerprint density at radius 1 is 1.27 bits per heavy atom. The summed E-state index contributed by atoms with van der Waals surface area (Å²) in [4.78, 5) is 12.3. The number of nitrogens with zero attached hydrogens (tertiary/aromatic N) is 1. The van der Waals surface area contributed by atoms with E-state index < -0.39 is 5.91 Å². The highest BCUT2D eigenvalue weighted by molar-refractivity contribution is 9.11. The SMILES string of the molecule is C#CCOc1c(Br)cc(Br)cc1/C=C(\C#N)C(=O)NCc1ccccc1. The summed E-state index contributed by atoms with van der Waals surface area (Å²) < 4.78 is 6.97. The van der Waals surface area contributed by atoms with Crippen molar-refractivity contribution in [2.45, 2.75) is 6.54 Å². The molecule has 0 atom stereocenters. The molecule has 2 aromatic rings. The van der Waals surface area contributed by atoms with Gasteiger partial charge >= 0.3 is 0 Å². The zero-order valence-electron chi connectivity index (χ0n) is 13.6. The van der Waals surface area contributed by atoms with Gasteiger partial charge in [-0.25, -0.2) is 0 Å². The van der Waals surface area contributed by atoms with Crippen molar-refractivity contribution < 1.29 is 9.53 Å². The van der Waals surface area contributed by atoms with Crippen LogP contribution >= 0.6 is 31.9 Å². The summed E-state index contributed by atoms with van der Waals surface area (Å²) in [6.07, 6.45) is 6.72. The number of carbonyl (C=O) groups is 1. The number of nitriles is 1. The molecule has 0 saturated heterocycles. The van der Waals surface area contributed by atoms with Crippen molar-refractivity contribution in [2.75, 3.05) is 6.61 Å². The third-order valence-electron chi connectivity index (χ3n) is 3.30. The van der Waals surface area contributed by atoms with Crippen LogP contribution in [0, 0.1) is 23.7 Å². The molecule has 0 saturated carbocycles. The van der Waals surface area contributed by atoms with Gasteiger partial charge in [0.05, 0.1) is 4.47 Å². The first kappa shape index (κ1) is 19.8. The minimum absolute atomic E-state index is 0.0310. The molecule has 0 aliphatic heterocycles. The van der Waals surface area contributed by atoms with Crippen LogP contribution in [0.4, 0.5) is 0 Å². The lowest BCUT2D eigenvalue weighted by molar-refractivity contribution is -0.117. The average Bonchev–Trinajstić information content (AvgIpc) is 2.64. The fourth-order valence-corrected chi connectivity index (χ4v) is 3.50. The fraction of sp³-hybridized carbons (Fsp3) is 0.100. The Labute approximate surface area is 169 Å². The van der Waals surface area contributed by atoms with E-state index in [0.29, 0.717) is 22.3 Å². The van der Waals surface area contributed by atoms with Crippen LogP contribution in [-0.2, 0) is 11.3 Å². The molecule has 0 bridgehead atoms. The smallest absolute Gasteiger partial charge is 0.262 e. The third-order valence-corrected chi connectivity index (χ3v) is 4.34. The summed E-state index contributed by atoms with van der Waals surface area (Å²) in [5, 5.41) is 12.1. The summed E-state index contributed by atoms with van der Waals surface area (Å²) in [7, 11) is 0. The van der Waals surface area contributed by atoms with Gasteiger partial charge in [-0.1, -0.05) is 52.2 Å². The van der Waals surface area contributed by atoms with Crippen molar-refractivity contribution in [2.24, 2.45) is 0 Å². The number of rotatable bonds is 6. The number of terminal acetylenes is 1. The highest BCUT2D eigenvalue weighted by atomic mass is 79.9.